The molecule has 1 aliphatic carbocycles. The van der Waals surface area contributed by atoms with Gasteiger partial charge in [0.05, 0.1) is 5.92 Å². The van der Waals surface area contributed by atoms with Crippen molar-refractivity contribution in [3.63, 3.8) is 0 Å². The van der Waals surface area contributed by atoms with E-state index in [0.717, 1.165) is 31.6 Å². The molecule has 3 heteroatoms. The van der Waals surface area contributed by atoms with Crippen molar-refractivity contribution in [2.75, 3.05) is 0 Å². The molecule has 1 saturated carbocycles. The van der Waals surface area contributed by atoms with Gasteiger partial charge >= 0.3 is 5.97 Å². The van der Waals surface area contributed by atoms with Crippen LogP contribution in [0.5, 0.6) is 0 Å². The van der Waals surface area contributed by atoms with E-state index in [1.807, 2.05) is 0 Å². The molecule has 0 amide bonds. The highest BCUT2D eigenvalue weighted by atomic mass is 16.4. The molecular formula is C15H29NO2. The van der Waals surface area contributed by atoms with E-state index in [9.17, 15) is 4.79 Å². The summed E-state index contributed by atoms with van der Waals surface area (Å²) in [6.07, 6.45) is 7.38. The van der Waals surface area contributed by atoms with Crippen LogP contribution in [-0.2, 0) is 4.79 Å². The molecule has 0 aromatic heterocycles. The lowest BCUT2D eigenvalue weighted by Crippen LogP contribution is -2.41. The quantitative estimate of drug-likeness (QED) is 0.732. The van der Waals surface area contributed by atoms with Gasteiger partial charge in [0.15, 0.2) is 0 Å². The Morgan fingerprint density at radius 1 is 1.22 bits per heavy atom. The average molecular weight is 255 g/mol. The fraction of sp³-hybridized carbons (Fsp3) is 0.933. The number of carboxylic acids is 1. The van der Waals surface area contributed by atoms with Crippen LogP contribution < -0.4 is 5.32 Å². The van der Waals surface area contributed by atoms with Crippen molar-refractivity contribution in [2.45, 2.75) is 77.8 Å². The summed E-state index contributed by atoms with van der Waals surface area (Å²) < 4.78 is 0. The van der Waals surface area contributed by atoms with Gasteiger partial charge in [0.25, 0.3) is 0 Å². The zero-order valence-corrected chi connectivity index (χ0v) is 12.1. The molecule has 0 aromatic carbocycles. The summed E-state index contributed by atoms with van der Waals surface area (Å²) in [7, 11) is 0. The molecule has 1 fully saturated rings. The van der Waals surface area contributed by atoms with Gasteiger partial charge in [-0.1, -0.05) is 27.2 Å². The van der Waals surface area contributed by atoms with E-state index in [4.69, 9.17) is 5.11 Å². The smallest absolute Gasteiger partial charge is 0.306 e. The molecule has 1 aliphatic rings. The predicted octanol–water partition coefficient (Wildman–Crippen LogP) is 3.43. The molecule has 0 aromatic rings. The molecule has 1 rings (SSSR count). The third-order valence-corrected chi connectivity index (χ3v) is 4.42. The van der Waals surface area contributed by atoms with Crippen molar-refractivity contribution in [2.24, 2.45) is 11.8 Å². The van der Waals surface area contributed by atoms with Crippen molar-refractivity contribution in [1.29, 1.82) is 0 Å². The van der Waals surface area contributed by atoms with Gasteiger partial charge in [-0.05, 0) is 44.4 Å². The Balaban J connectivity index is 2.31. The van der Waals surface area contributed by atoms with E-state index in [-0.39, 0.29) is 5.92 Å². The van der Waals surface area contributed by atoms with Gasteiger partial charge in [-0.2, -0.15) is 0 Å². The maximum absolute atomic E-state index is 10.9. The summed E-state index contributed by atoms with van der Waals surface area (Å²) in [4.78, 5) is 10.9. The minimum absolute atomic E-state index is 0.0994. The summed E-state index contributed by atoms with van der Waals surface area (Å²) in [5, 5.41) is 12.7. The van der Waals surface area contributed by atoms with Crippen LogP contribution in [0.4, 0.5) is 0 Å². The van der Waals surface area contributed by atoms with Gasteiger partial charge < -0.3 is 10.4 Å². The van der Waals surface area contributed by atoms with Crippen LogP contribution in [0.25, 0.3) is 0 Å². The molecular weight excluding hydrogens is 226 g/mol. The van der Waals surface area contributed by atoms with E-state index in [1.54, 1.807) is 0 Å². The molecule has 106 valence electrons. The summed E-state index contributed by atoms with van der Waals surface area (Å²) >= 11 is 0. The van der Waals surface area contributed by atoms with E-state index >= 15 is 0 Å². The highest BCUT2D eigenvalue weighted by Gasteiger charge is 2.26. The predicted molar refractivity (Wildman–Crippen MR) is 74.7 cm³/mol. The van der Waals surface area contributed by atoms with Gasteiger partial charge in [0.1, 0.15) is 0 Å². The SMILES string of the molecule is CCC(C)CC(CC)NC1CCC(C(=O)O)CC1. The highest BCUT2D eigenvalue weighted by molar-refractivity contribution is 5.70. The van der Waals surface area contributed by atoms with E-state index < -0.39 is 5.97 Å². The maximum atomic E-state index is 10.9. The fourth-order valence-corrected chi connectivity index (χ4v) is 2.85. The summed E-state index contributed by atoms with van der Waals surface area (Å²) in [6.45, 7) is 6.80. The van der Waals surface area contributed by atoms with Crippen molar-refractivity contribution < 1.29 is 9.90 Å². The molecule has 0 bridgehead atoms. The molecule has 0 radical (unpaired) electrons. The average Bonchev–Trinajstić information content (AvgIpc) is 2.38. The van der Waals surface area contributed by atoms with Gasteiger partial charge in [-0.15, -0.1) is 0 Å². The summed E-state index contributed by atoms with van der Waals surface area (Å²) in [5.74, 6) is 0.0654. The highest BCUT2D eigenvalue weighted by Crippen LogP contribution is 2.25. The van der Waals surface area contributed by atoms with Crippen LogP contribution in [0.1, 0.15) is 65.7 Å². The second-order valence-corrected chi connectivity index (χ2v) is 5.91. The fourth-order valence-electron chi connectivity index (χ4n) is 2.85. The van der Waals surface area contributed by atoms with Gasteiger partial charge in [-0.25, -0.2) is 0 Å². The Morgan fingerprint density at radius 3 is 2.28 bits per heavy atom. The van der Waals surface area contributed by atoms with Gasteiger partial charge in [0.2, 0.25) is 0 Å². The lowest BCUT2D eigenvalue weighted by Gasteiger charge is -2.31. The molecule has 2 unspecified atom stereocenters. The third-order valence-electron chi connectivity index (χ3n) is 4.42. The van der Waals surface area contributed by atoms with Crippen molar-refractivity contribution in [1.82, 2.24) is 5.32 Å². The first-order valence-electron chi connectivity index (χ1n) is 7.55. The van der Waals surface area contributed by atoms with Crippen LogP contribution in [0, 0.1) is 11.8 Å². The Labute approximate surface area is 111 Å². The lowest BCUT2D eigenvalue weighted by atomic mass is 9.85. The number of carboxylic acid groups (broad SMARTS) is 1. The minimum Gasteiger partial charge on any atom is -0.481 e. The van der Waals surface area contributed by atoms with Crippen molar-refractivity contribution in [3.05, 3.63) is 0 Å². The number of aliphatic carboxylic acids is 1. The number of rotatable bonds is 7. The number of hydrogen-bond acceptors (Lipinski definition) is 2. The Hall–Kier alpha value is -0.570. The Kier molecular flexibility index (Phi) is 6.69. The van der Waals surface area contributed by atoms with Crippen molar-refractivity contribution in [3.8, 4) is 0 Å². The zero-order valence-electron chi connectivity index (χ0n) is 12.1. The molecule has 2 N–H and O–H groups in total. The molecule has 0 spiro atoms. The van der Waals surface area contributed by atoms with Crippen LogP contribution in [0.3, 0.4) is 0 Å². The molecule has 3 nitrogen and oxygen atoms in total. The first kappa shape index (κ1) is 15.5. The maximum Gasteiger partial charge on any atom is 0.306 e. The molecule has 0 aliphatic heterocycles. The lowest BCUT2D eigenvalue weighted by molar-refractivity contribution is -0.142. The second kappa shape index (κ2) is 7.78. The van der Waals surface area contributed by atoms with Crippen LogP contribution in [0.15, 0.2) is 0 Å². The Bertz CT molecular complexity index is 247. The van der Waals surface area contributed by atoms with Crippen LogP contribution >= 0.6 is 0 Å². The van der Waals surface area contributed by atoms with E-state index in [1.165, 1.54) is 19.3 Å². The zero-order chi connectivity index (χ0) is 13.5. The van der Waals surface area contributed by atoms with Crippen molar-refractivity contribution >= 4 is 5.97 Å². The number of hydrogen-bond donors (Lipinski definition) is 2. The topological polar surface area (TPSA) is 49.3 Å². The Morgan fingerprint density at radius 2 is 1.83 bits per heavy atom. The van der Waals surface area contributed by atoms with E-state index in [0.29, 0.717) is 12.1 Å². The first-order valence-corrected chi connectivity index (χ1v) is 7.55. The second-order valence-electron chi connectivity index (χ2n) is 5.91. The molecule has 18 heavy (non-hydrogen) atoms. The largest absolute Gasteiger partial charge is 0.481 e. The van der Waals surface area contributed by atoms with Crippen LogP contribution in [-0.4, -0.2) is 23.2 Å². The number of nitrogens with one attached hydrogen (secondary N) is 1. The summed E-state index contributed by atoms with van der Waals surface area (Å²) in [6, 6.07) is 1.14. The third kappa shape index (κ3) is 4.97. The first-order chi connectivity index (χ1) is 8.56. The molecule has 0 saturated heterocycles. The van der Waals surface area contributed by atoms with Crippen LogP contribution in [0.2, 0.25) is 0 Å². The standard InChI is InChI=1S/C15H29NO2/c1-4-11(3)10-13(5-2)16-14-8-6-12(7-9-14)15(17)18/h11-14,16H,4-10H2,1-3H3,(H,17,18). The summed E-state index contributed by atoms with van der Waals surface area (Å²) in [5.41, 5.74) is 0. The van der Waals surface area contributed by atoms with Gasteiger partial charge in [-0.3, -0.25) is 4.79 Å². The molecule has 2 atom stereocenters. The number of carbonyl (C=O) groups is 1. The normalized spacial score (nSPS) is 27.7. The van der Waals surface area contributed by atoms with Gasteiger partial charge in [0, 0.05) is 12.1 Å². The monoisotopic (exact) mass is 255 g/mol. The minimum atomic E-state index is -0.611. The molecule has 0 heterocycles. The van der Waals surface area contributed by atoms with E-state index in [2.05, 4.69) is 26.1 Å².